The molecule has 0 bridgehead atoms. The van der Waals surface area contributed by atoms with Crippen molar-refractivity contribution in [2.24, 2.45) is 0 Å². The Bertz CT molecular complexity index is 201. The number of hydrogen-bond donors (Lipinski definition) is 1. The lowest BCUT2D eigenvalue weighted by molar-refractivity contribution is 0.0785. The smallest absolute Gasteiger partial charge is 0.0726 e. The Morgan fingerprint density at radius 1 is 1.50 bits per heavy atom. The third-order valence-electron chi connectivity index (χ3n) is 3.45. The molecule has 2 fully saturated rings. The van der Waals surface area contributed by atoms with Gasteiger partial charge in [0.1, 0.15) is 0 Å². The molecule has 0 amide bonds. The van der Waals surface area contributed by atoms with Crippen LogP contribution in [0.2, 0.25) is 0 Å². The molecule has 2 aliphatic heterocycles. The van der Waals surface area contributed by atoms with Gasteiger partial charge >= 0.3 is 0 Å². The van der Waals surface area contributed by atoms with Crippen molar-refractivity contribution in [2.75, 3.05) is 12.4 Å². The molecule has 0 aliphatic carbocycles. The zero-order valence-corrected chi connectivity index (χ0v) is 10.2. The number of thioether (sulfide) groups is 1. The monoisotopic (exact) mass is 215 g/mol. The highest BCUT2D eigenvalue weighted by Gasteiger charge is 2.40. The maximum atomic E-state index is 5.68. The van der Waals surface area contributed by atoms with Gasteiger partial charge in [0.2, 0.25) is 0 Å². The van der Waals surface area contributed by atoms with Crippen LogP contribution in [0.4, 0.5) is 0 Å². The average molecular weight is 215 g/mol. The lowest BCUT2D eigenvalue weighted by Crippen LogP contribution is -2.58. The van der Waals surface area contributed by atoms with Gasteiger partial charge in [-0.1, -0.05) is 0 Å². The summed E-state index contributed by atoms with van der Waals surface area (Å²) in [4.78, 5) is 0. The Labute approximate surface area is 91.2 Å². The molecule has 0 saturated carbocycles. The fraction of sp³-hybridized carbons (Fsp3) is 1.00. The van der Waals surface area contributed by atoms with E-state index in [2.05, 4.69) is 37.8 Å². The summed E-state index contributed by atoms with van der Waals surface area (Å²) in [5, 5.41) is 3.70. The van der Waals surface area contributed by atoms with Gasteiger partial charge in [0, 0.05) is 29.2 Å². The van der Waals surface area contributed by atoms with Gasteiger partial charge < -0.3 is 10.1 Å². The lowest BCUT2D eigenvalue weighted by Gasteiger charge is -2.46. The molecule has 3 unspecified atom stereocenters. The first kappa shape index (κ1) is 10.8. The van der Waals surface area contributed by atoms with E-state index in [1.54, 1.807) is 0 Å². The van der Waals surface area contributed by atoms with Gasteiger partial charge in [-0.2, -0.15) is 11.8 Å². The molecule has 2 aliphatic rings. The number of nitrogens with one attached hydrogen (secondary N) is 1. The van der Waals surface area contributed by atoms with Gasteiger partial charge in [-0.25, -0.2) is 0 Å². The highest BCUT2D eigenvalue weighted by atomic mass is 32.2. The molecular weight excluding hydrogens is 194 g/mol. The van der Waals surface area contributed by atoms with E-state index in [1.165, 1.54) is 18.6 Å². The van der Waals surface area contributed by atoms with Crippen molar-refractivity contribution in [3.8, 4) is 0 Å². The van der Waals surface area contributed by atoms with Crippen molar-refractivity contribution in [3.05, 3.63) is 0 Å². The van der Waals surface area contributed by atoms with Crippen LogP contribution >= 0.6 is 11.8 Å². The summed E-state index contributed by atoms with van der Waals surface area (Å²) >= 11 is 2.05. The van der Waals surface area contributed by atoms with Crippen LogP contribution < -0.4 is 5.32 Å². The van der Waals surface area contributed by atoms with E-state index in [4.69, 9.17) is 4.74 Å². The van der Waals surface area contributed by atoms with Crippen LogP contribution in [0, 0.1) is 0 Å². The third-order valence-corrected chi connectivity index (χ3v) is 4.98. The quantitative estimate of drug-likeness (QED) is 0.778. The van der Waals surface area contributed by atoms with E-state index in [9.17, 15) is 0 Å². The first-order chi connectivity index (χ1) is 6.59. The van der Waals surface area contributed by atoms with E-state index in [0.717, 1.165) is 6.61 Å². The first-order valence-corrected chi connectivity index (χ1v) is 6.60. The minimum absolute atomic E-state index is 0.423. The fourth-order valence-corrected chi connectivity index (χ4v) is 3.33. The van der Waals surface area contributed by atoms with Crippen LogP contribution in [0.15, 0.2) is 0 Å². The highest BCUT2D eigenvalue weighted by molar-refractivity contribution is 8.02. The van der Waals surface area contributed by atoms with Crippen molar-refractivity contribution in [2.45, 2.75) is 56.5 Å². The minimum Gasteiger partial charge on any atom is -0.377 e. The molecule has 0 spiro atoms. The van der Waals surface area contributed by atoms with E-state index < -0.39 is 0 Å². The Balaban J connectivity index is 1.79. The van der Waals surface area contributed by atoms with Crippen molar-refractivity contribution in [1.82, 2.24) is 5.32 Å². The van der Waals surface area contributed by atoms with E-state index in [0.29, 0.717) is 22.9 Å². The van der Waals surface area contributed by atoms with Crippen LogP contribution in [-0.2, 0) is 4.74 Å². The molecule has 2 saturated heterocycles. The zero-order chi connectivity index (χ0) is 10.2. The fourth-order valence-electron chi connectivity index (χ4n) is 2.17. The molecule has 3 heteroatoms. The molecule has 0 aromatic carbocycles. The number of hydrogen-bond acceptors (Lipinski definition) is 3. The summed E-state index contributed by atoms with van der Waals surface area (Å²) in [6.07, 6.45) is 2.92. The predicted octanol–water partition coefficient (Wildman–Crippen LogP) is 2.04. The van der Waals surface area contributed by atoms with Crippen molar-refractivity contribution < 1.29 is 4.74 Å². The van der Waals surface area contributed by atoms with Gasteiger partial charge in [0.25, 0.3) is 0 Å². The number of ether oxygens (including phenoxy) is 1. The van der Waals surface area contributed by atoms with Crippen LogP contribution in [0.3, 0.4) is 0 Å². The molecule has 1 N–H and O–H groups in total. The van der Waals surface area contributed by atoms with E-state index in [1.807, 2.05) is 0 Å². The molecule has 2 nitrogen and oxygen atoms in total. The molecule has 0 aromatic rings. The largest absolute Gasteiger partial charge is 0.377 e. The van der Waals surface area contributed by atoms with Crippen LogP contribution in [0.5, 0.6) is 0 Å². The van der Waals surface area contributed by atoms with E-state index >= 15 is 0 Å². The molecule has 3 atom stereocenters. The van der Waals surface area contributed by atoms with Crippen LogP contribution in [0.1, 0.15) is 33.6 Å². The average Bonchev–Trinajstić information content (AvgIpc) is 2.65. The van der Waals surface area contributed by atoms with Gasteiger partial charge in [0.15, 0.2) is 0 Å². The van der Waals surface area contributed by atoms with Gasteiger partial charge in [-0.05, 0) is 33.6 Å². The summed E-state index contributed by atoms with van der Waals surface area (Å²) < 4.78 is 6.11. The summed E-state index contributed by atoms with van der Waals surface area (Å²) in [6, 6.07) is 1.19. The Morgan fingerprint density at radius 2 is 2.29 bits per heavy atom. The molecular formula is C11H21NOS. The second-order valence-corrected chi connectivity index (χ2v) is 6.65. The van der Waals surface area contributed by atoms with E-state index in [-0.39, 0.29) is 0 Å². The predicted molar refractivity (Wildman–Crippen MR) is 61.9 cm³/mol. The summed E-state index contributed by atoms with van der Waals surface area (Å²) in [5.74, 6) is 1.25. The maximum Gasteiger partial charge on any atom is 0.0726 e. The molecule has 14 heavy (non-hydrogen) atoms. The molecule has 2 rings (SSSR count). The molecule has 0 radical (unpaired) electrons. The second-order valence-electron chi connectivity index (χ2n) is 4.97. The lowest BCUT2D eigenvalue weighted by atomic mass is 10.0. The standard InChI is InChI=1S/C11H21NOS/c1-8(9-5-4-6-13-9)12-10-7-14-11(10,2)3/h8-10,12H,4-7H2,1-3H3. The molecule has 0 aromatic heterocycles. The van der Waals surface area contributed by atoms with Crippen molar-refractivity contribution >= 4 is 11.8 Å². The van der Waals surface area contributed by atoms with Gasteiger partial charge in [-0.3, -0.25) is 0 Å². The number of rotatable bonds is 3. The van der Waals surface area contributed by atoms with Crippen LogP contribution in [0.25, 0.3) is 0 Å². The Hall–Kier alpha value is 0.270. The zero-order valence-electron chi connectivity index (χ0n) is 9.38. The van der Waals surface area contributed by atoms with Gasteiger partial charge in [0.05, 0.1) is 6.10 Å². The SMILES string of the molecule is CC(NC1CSC1(C)C)C1CCCO1. The van der Waals surface area contributed by atoms with Crippen LogP contribution in [-0.4, -0.2) is 35.3 Å². The third kappa shape index (κ3) is 2.10. The Morgan fingerprint density at radius 3 is 2.71 bits per heavy atom. The molecule has 82 valence electrons. The normalized spacial score (nSPS) is 37.9. The summed E-state index contributed by atoms with van der Waals surface area (Å²) in [6.45, 7) is 7.86. The second kappa shape index (κ2) is 4.03. The Kier molecular flexibility index (Phi) is 3.10. The minimum atomic E-state index is 0.423. The summed E-state index contributed by atoms with van der Waals surface area (Å²) in [7, 11) is 0. The highest BCUT2D eigenvalue weighted by Crippen LogP contribution is 2.40. The topological polar surface area (TPSA) is 21.3 Å². The van der Waals surface area contributed by atoms with Crippen molar-refractivity contribution in [3.63, 3.8) is 0 Å². The first-order valence-electron chi connectivity index (χ1n) is 5.61. The van der Waals surface area contributed by atoms with Crippen molar-refractivity contribution in [1.29, 1.82) is 0 Å². The molecule has 2 heterocycles. The summed E-state index contributed by atoms with van der Waals surface area (Å²) in [5.41, 5.74) is 0. The maximum absolute atomic E-state index is 5.68. The van der Waals surface area contributed by atoms with Gasteiger partial charge in [-0.15, -0.1) is 0 Å².